The van der Waals surface area contributed by atoms with Crippen molar-refractivity contribution in [3.05, 3.63) is 17.1 Å². The molecular weight excluding hydrogens is 230 g/mol. The third kappa shape index (κ3) is 1.88. The quantitative estimate of drug-likeness (QED) is 0.787. The van der Waals surface area contributed by atoms with Gasteiger partial charge >= 0.3 is 0 Å². The summed E-state index contributed by atoms with van der Waals surface area (Å²) in [4.78, 5) is 22.6. The number of hydrogen-bond acceptors (Lipinski definition) is 4. The van der Waals surface area contributed by atoms with Gasteiger partial charge in [0.25, 0.3) is 0 Å². The fourth-order valence-electron chi connectivity index (χ4n) is 2.69. The Bertz CT molecular complexity index is 495. The molecule has 1 aromatic rings. The van der Waals surface area contributed by atoms with E-state index in [1.165, 1.54) is 0 Å². The Morgan fingerprint density at radius 1 is 1.39 bits per heavy atom. The Morgan fingerprint density at radius 2 is 2.22 bits per heavy atom. The minimum atomic E-state index is 0.114. The number of aromatic nitrogens is 2. The predicted molar refractivity (Wildman–Crippen MR) is 66.5 cm³/mol. The van der Waals surface area contributed by atoms with E-state index in [2.05, 4.69) is 9.97 Å². The first-order chi connectivity index (χ1) is 8.65. The van der Waals surface area contributed by atoms with Crippen molar-refractivity contribution in [1.82, 2.24) is 9.97 Å². The van der Waals surface area contributed by atoms with Gasteiger partial charge in [-0.25, -0.2) is 9.97 Å². The van der Waals surface area contributed by atoms with Crippen LogP contribution in [0.15, 0.2) is 0 Å². The van der Waals surface area contributed by atoms with Crippen molar-refractivity contribution in [2.24, 2.45) is 0 Å². The van der Waals surface area contributed by atoms with Gasteiger partial charge in [-0.1, -0.05) is 0 Å². The summed E-state index contributed by atoms with van der Waals surface area (Å²) >= 11 is 0. The van der Waals surface area contributed by atoms with Gasteiger partial charge in [0.15, 0.2) is 0 Å². The van der Waals surface area contributed by atoms with Crippen LogP contribution in [0.25, 0.3) is 0 Å². The zero-order valence-electron chi connectivity index (χ0n) is 10.8. The molecule has 2 aliphatic rings. The number of carbonyl (C=O) groups is 1. The van der Waals surface area contributed by atoms with Crippen LogP contribution in [-0.4, -0.2) is 35.1 Å². The summed E-state index contributed by atoms with van der Waals surface area (Å²) < 4.78 is 5.60. The van der Waals surface area contributed by atoms with E-state index < -0.39 is 0 Å². The average molecular weight is 247 g/mol. The highest BCUT2D eigenvalue weighted by Crippen LogP contribution is 2.29. The molecule has 1 aromatic heterocycles. The van der Waals surface area contributed by atoms with E-state index in [0.717, 1.165) is 42.3 Å². The Hall–Kier alpha value is -1.49. The van der Waals surface area contributed by atoms with Gasteiger partial charge in [-0.3, -0.25) is 9.69 Å². The van der Waals surface area contributed by atoms with Gasteiger partial charge in [0.2, 0.25) is 5.91 Å². The zero-order chi connectivity index (χ0) is 12.7. The Balaban J connectivity index is 1.90. The molecule has 0 radical (unpaired) electrons. The number of fused-ring (bicyclic) bond motifs is 1. The lowest BCUT2D eigenvalue weighted by atomic mass is 10.2. The van der Waals surface area contributed by atoms with E-state index >= 15 is 0 Å². The molecule has 0 aliphatic carbocycles. The maximum absolute atomic E-state index is 12.1. The molecule has 1 saturated heterocycles. The van der Waals surface area contributed by atoms with Crippen LogP contribution in [0.2, 0.25) is 0 Å². The van der Waals surface area contributed by atoms with E-state index in [0.29, 0.717) is 13.0 Å². The van der Waals surface area contributed by atoms with Crippen LogP contribution in [0.1, 0.15) is 29.9 Å². The van der Waals surface area contributed by atoms with E-state index in [1.807, 2.05) is 13.8 Å². The van der Waals surface area contributed by atoms with Crippen LogP contribution in [-0.2, 0) is 16.0 Å². The fraction of sp³-hybridized carbons (Fsp3) is 0.615. The summed E-state index contributed by atoms with van der Waals surface area (Å²) in [5.74, 6) is 1.63. The maximum atomic E-state index is 12.1. The van der Waals surface area contributed by atoms with Crippen LogP contribution < -0.4 is 4.90 Å². The minimum Gasteiger partial charge on any atom is -0.376 e. The summed E-state index contributed by atoms with van der Waals surface area (Å²) in [6.07, 6.45) is 2.70. The second-order valence-electron chi connectivity index (χ2n) is 4.97. The number of anilines is 1. The van der Waals surface area contributed by atoms with Gasteiger partial charge in [-0.2, -0.15) is 0 Å². The number of hydrogen-bond donors (Lipinski definition) is 0. The molecule has 18 heavy (non-hydrogen) atoms. The van der Waals surface area contributed by atoms with Crippen LogP contribution in [0.4, 0.5) is 5.82 Å². The molecular formula is C13H17N3O2. The SMILES string of the molecule is Cc1nc(C)c2c(n1)N(C[C@H]1CCCO1)C(=O)C2. The van der Waals surface area contributed by atoms with E-state index in [-0.39, 0.29) is 12.0 Å². The number of amides is 1. The first-order valence-electron chi connectivity index (χ1n) is 6.41. The van der Waals surface area contributed by atoms with E-state index in [4.69, 9.17) is 4.74 Å². The van der Waals surface area contributed by atoms with Gasteiger partial charge in [0.1, 0.15) is 11.6 Å². The molecule has 1 atom stereocenters. The van der Waals surface area contributed by atoms with Crippen molar-refractivity contribution >= 4 is 11.7 Å². The normalized spacial score (nSPS) is 22.7. The second kappa shape index (κ2) is 4.31. The molecule has 0 bridgehead atoms. The van der Waals surface area contributed by atoms with Gasteiger partial charge in [-0.05, 0) is 26.7 Å². The molecule has 96 valence electrons. The van der Waals surface area contributed by atoms with Crippen LogP contribution in [0.5, 0.6) is 0 Å². The lowest BCUT2D eigenvalue weighted by molar-refractivity contribution is -0.117. The molecule has 1 amide bonds. The lowest BCUT2D eigenvalue weighted by Crippen LogP contribution is -2.35. The van der Waals surface area contributed by atoms with Gasteiger partial charge in [0, 0.05) is 17.9 Å². The number of carbonyl (C=O) groups excluding carboxylic acids is 1. The largest absolute Gasteiger partial charge is 0.376 e. The molecule has 3 rings (SSSR count). The smallest absolute Gasteiger partial charge is 0.232 e. The molecule has 0 spiro atoms. The molecule has 0 aromatic carbocycles. The van der Waals surface area contributed by atoms with E-state index in [9.17, 15) is 4.79 Å². The zero-order valence-corrected chi connectivity index (χ0v) is 10.8. The highest BCUT2D eigenvalue weighted by atomic mass is 16.5. The number of nitrogens with zero attached hydrogens (tertiary/aromatic N) is 3. The highest BCUT2D eigenvalue weighted by molar-refractivity contribution is 6.00. The molecule has 0 saturated carbocycles. The monoisotopic (exact) mass is 247 g/mol. The lowest BCUT2D eigenvalue weighted by Gasteiger charge is -2.20. The average Bonchev–Trinajstić information content (AvgIpc) is 2.91. The summed E-state index contributed by atoms with van der Waals surface area (Å²) in [6, 6.07) is 0. The molecule has 5 heteroatoms. The van der Waals surface area contributed by atoms with Crippen molar-refractivity contribution in [1.29, 1.82) is 0 Å². The summed E-state index contributed by atoms with van der Waals surface area (Å²) in [7, 11) is 0. The third-order valence-corrected chi connectivity index (χ3v) is 3.60. The Kier molecular flexibility index (Phi) is 2.78. The second-order valence-corrected chi connectivity index (χ2v) is 4.97. The first kappa shape index (κ1) is 11.6. The van der Waals surface area contributed by atoms with Gasteiger partial charge < -0.3 is 4.74 Å². The van der Waals surface area contributed by atoms with Crippen molar-refractivity contribution < 1.29 is 9.53 Å². The molecule has 0 unspecified atom stereocenters. The van der Waals surface area contributed by atoms with E-state index in [1.54, 1.807) is 4.90 Å². The van der Waals surface area contributed by atoms with Crippen LogP contribution >= 0.6 is 0 Å². The Labute approximate surface area is 106 Å². The van der Waals surface area contributed by atoms with Crippen molar-refractivity contribution in [2.75, 3.05) is 18.1 Å². The van der Waals surface area contributed by atoms with Crippen molar-refractivity contribution in [3.63, 3.8) is 0 Å². The molecule has 0 N–H and O–H groups in total. The standard InChI is InChI=1S/C13H17N3O2/c1-8-11-6-12(17)16(7-10-4-3-5-18-10)13(11)15-9(2)14-8/h10H,3-7H2,1-2H3/t10-/m1/s1. The fourth-order valence-corrected chi connectivity index (χ4v) is 2.69. The maximum Gasteiger partial charge on any atom is 0.232 e. The molecule has 1 fully saturated rings. The summed E-state index contributed by atoms with van der Waals surface area (Å²) in [5.41, 5.74) is 1.89. The molecule has 3 heterocycles. The first-order valence-corrected chi connectivity index (χ1v) is 6.41. The van der Waals surface area contributed by atoms with Crippen molar-refractivity contribution in [2.45, 2.75) is 39.2 Å². The third-order valence-electron chi connectivity index (χ3n) is 3.60. The minimum absolute atomic E-state index is 0.114. The van der Waals surface area contributed by atoms with Crippen molar-refractivity contribution in [3.8, 4) is 0 Å². The number of rotatable bonds is 2. The Morgan fingerprint density at radius 3 is 2.94 bits per heavy atom. The molecule has 2 aliphatic heterocycles. The molecule has 5 nitrogen and oxygen atoms in total. The van der Waals surface area contributed by atoms with Crippen LogP contribution in [0.3, 0.4) is 0 Å². The highest BCUT2D eigenvalue weighted by Gasteiger charge is 2.33. The summed E-state index contributed by atoms with van der Waals surface area (Å²) in [6.45, 7) is 5.24. The number of ether oxygens (including phenoxy) is 1. The van der Waals surface area contributed by atoms with Gasteiger partial charge in [0.05, 0.1) is 19.1 Å². The topological polar surface area (TPSA) is 55.3 Å². The van der Waals surface area contributed by atoms with Gasteiger partial charge in [-0.15, -0.1) is 0 Å². The summed E-state index contributed by atoms with van der Waals surface area (Å²) in [5, 5.41) is 0. The number of aryl methyl sites for hydroxylation is 2. The predicted octanol–water partition coefficient (Wildman–Crippen LogP) is 1.16. The van der Waals surface area contributed by atoms with Crippen LogP contribution in [0, 0.1) is 13.8 Å².